The molecule has 0 fully saturated rings. The molecule has 0 saturated carbocycles. The van der Waals surface area contributed by atoms with E-state index in [2.05, 4.69) is 5.32 Å². The number of hydrogen-bond donors (Lipinski definition) is 2. The van der Waals surface area contributed by atoms with Crippen LogP contribution in [0.1, 0.15) is 29.7 Å². The summed E-state index contributed by atoms with van der Waals surface area (Å²) in [6.07, 6.45) is 0. The summed E-state index contributed by atoms with van der Waals surface area (Å²) >= 11 is 1.62. The van der Waals surface area contributed by atoms with Crippen LogP contribution in [-0.4, -0.2) is 29.2 Å². The molecule has 2 amide bonds. The number of urea groups is 1. The minimum absolute atomic E-state index is 0.0192. The predicted molar refractivity (Wildman–Crippen MR) is 89.5 cm³/mol. The van der Waals surface area contributed by atoms with Gasteiger partial charge in [0, 0.05) is 5.56 Å². The SMILES string of the molecule is CC(NC(=O)N1CCOc2ccc(CO)cc2C1)c1ccsc1. The van der Waals surface area contributed by atoms with Gasteiger partial charge >= 0.3 is 6.03 Å². The molecule has 1 unspecified atom stereocenters. The second-order valence-electron chi connectivity index (χ2n) is 5.60. The Balaban J connectivity index is 1.71. The number of aliphatic hydroxyl groups is 1. The number of nitrogens with zero attached hydrogens (tertiary/aromatic N) is 1. The van der Waals surface area contributed by atoms with E-state index in [-0.39, 0.29) is 18.7 Å². The summed E-state index contributed by atoms with van der Waals surface area (Å²) in [6, 6.07) is 7.48. The van der Waals surface area contributed by atoms with Crippen molar-refractivity contribution in [3.05, 3.63) is 51.7 Å². The highest BCUT2D eigenvalue weighted by atomic mass is 32.1. The van der Waals surface area contributed by atoms with Gasteiger partial charge in [-0.15, -0.1) is 0 Å². The van der Waals surface area contributed by atoms with Crippen molar-refractivity contribution in [3.8, 4) is 5.75 Å². The number of rotatable bonds is 3. The Hall–Kier alpha value is -2.05. The summed E-state index contributed by atoms with van der Waals surface area (Å²) < 4.78 is 5.70. The van der Waals surface area contributed by atoms with Gasteiger partial charge < -0.3 is 20.1 Å². The van der Waals surface area contributed by atoms with E-state index < -0.39 is 0 Å². The number of carbonyl (C=O) groups is 1. The van der Waals surface area contributed by atoms with Gasteiger partial charge in [0.2, 0.25) is 0 Å². The zero-order valence-electron chi connectivity index (χ0n) is 13.0. The van der Waals surface area contributed by atoms with Crippen LogP contribution in [0.3, 0.4) is 0 Å². The first-order valence-corrected chi connectivity index (χ1v) is 8.54. The Morgan fingerprint density at radius 2 is 2.35 bits per heavy atom. The number of aliphatic hydroxyl groups excluding tert-OH is 1. The van der Waals surface area contributed by atoms with Crippen molar-refractivity contribution in [2.24, 2.45) is 0 Å². The average molecular weight is 332 g/mol. The Morgan fingerprint density at radius 1 is 1.48 bits per heavy atom. The molecular formula is C17H20N2O3S. The van der Waals surface area contributed by atoms with E-state index in [0.717, 1.165) is 22.4 Å². The fraction of sp³-hybridized carbons (Fsp3) is 0.353. The maximum absolute atomic E-state index is 12.5. The highest BCUT2D eigenvalue weighted by Crippen LogP contribution is 2.25. The quantitative estimate of drug-likeness (QED) is 0.908. The highest BCUT2D eigenvalue weighted by Gasteiger charge is 2.21. The van der Waals surface area contributed by atoms with Crippen LogP contribution < -0.4 is 10.1 Å². The van der Waals surface area contributed by atoms with Crippen molar-refractivity contribution in [3.63, 3.8) is 0 Å². The van der Waals surface area contributed by atoms with Gasteiger partial charge in [-0.25, -0.2) is 4.79 Å². The monoisotopic (exact) mass is 332 g/mol. The first-order valence-electron chi connectivity index (χ1n) is 7.60. The van der Waals surface area contributed by atoms with Crippen molar-refractivity contribution in [2.45, 2.75) is 26.1 Å². The lowest BCUT2D eigenvalue weighted by Crippen LogP contribution is -2.41. The van der Waals surface area contributed by atoms with Gasteiger partial charge in [-0.3, -0.25) is 0 Å². The van der Waals surface area contributed by atoms with Crippen molar-refractivity contribution < 1.29 is 14.6 Å². The summed E-state index contributed by atoms with van der Waals surface area (Å²) in [5.74, 6) is 0.781. The van der Waals surface area contributed by atoms with Crippen molar-refractivity contribution in [1.82, 2.24) is 10.2 Å². The first kappa shape index (κ1) is 15.8. The number of amides is 2. The maximum atomic E-state index is 12.5. The number of fused-ring (bicyclic) bond motifs is 1. The molecule has 0 aliphatic carbocycles. The van der Waals surface area contributed by atoms with Gasteiger partial charge in [0.15, 0.2) is 0 Å². The second-order valence-corrected chi connectivity index (χ2v) is 6.38. The summed E-state index contributed by atoms with van der Waals surface area (Å²) in [4.78, 5) is 14.3. The number of ether oxygens (including phenoxy) is 1. The molecule has 1 atom stereocenters. The van der Waals surface area contributed by atoms with Gasteiger partial charge in [-0.2, -0.15) is 11.3 Å². The van der Waals surface area contributed by atoms with E-state index in [4.69, 9.17) is 4.74 Å². The Labute approximate surface area is 139 Å². The van der Waals surface area contributed by atoms with Crippen molar-refractivity contribution in [2.75, 3.05) is 13.2 Å². The molecular weight excluding hydrogens is 312 g/mol. The zero-order chi connectivity index (χ0) is 16.2. The van der Waals surface area contributed by atoms with E-state index in [9.17, 15) is 9.90 Å². The molecule has 3 rings (SSSR count). The van der Waals surface area contributed by atoms with Crippen LogP contribution in [0, 0.1) is 0 Å². The molecule has 1 aliphatic heterocycles. The fourth-order valence-corrected chi connectivity index (χ4v) is 3.35. The Kier molecular flexibility index (Phi) is 4.83. The van der Waals surface area contributed by atoms with Crippen LogP contribution in [0.2, 0.25) is 0 Å². The molecule has 2 N–H and O–H groups in total. The molecule has 23 heavy (non-hydrogen) atoms. The van der Waals surface area contributed by atoms with E-state index >= 15 is 0 Å². The molecule has 2 aromatic rings. The number of thiophene rings is 1. The van der Waals surface area contributed by atoms with Crippen molar-refractivity contribution >= 4 is 17.4 Å². The standard InChI is InChI=1S/C17H20N2O3S/c1-12(14-4-7-23-11-14)18-17(21)19-5-6-22-16-3-2-13(10-20)8-15(16)9-19/h2-4,7-8,11-12,20H,5-6,9-10H2,1H3,(H,18,21). The van der Waals surface area contributed by atoms with Crippen molar-refractivity contribution in [1.29, 1.82) is 0 Å². The van der Waals surface area contributed by atoms with Crippen LogP contribution in [0.5, 0.6) is 5.75 Å². The van der Waals surface area contributed by atoms with Gasteiger partial charge in [0.1, 0.15) is 12.4 Å². The average Bonchev–Trinajstić information content (AvgIpc) is 3.01. The lowest BCUT2D eigenvalue weighted by Gasteiger charge is -2.23. The van der Waals surface area contributed by atoms with Crippen LogP contribution in [0.4, 0.5) is 4.79 Å². The molecule has 5 nitrogen and oxygen atoms in total. The van der Waals surface area contributed by atoms with Gasteiger partial charge in [-0.1, -0.05) is 6.07 Å². The van der Waals surface area contributed by atoms with Crippen LogP contribution in [0.15, 0.2) is 35.0 Å². The third-order valence-electron chi connectivity index (χ3n) is 3.96. The van der Waals surface area contributed by atoms with Gasteiger partial charge in [-0.05, 0) is 47.0 Å². The number of hydrogen-bond acceptors (Lipinski definition) is 4. The molecule has 0 bridgehead atoms. The topological polar surface area (TPSA) is 61.8 Å². The maximum Gasteiger partial charge on any atom is 0.318 e. The summed E-state index contributed by atoms with van der Waals surface area (Å²) in [6.45, 7) is 3.43. The Morgan fingerprint density at radius 3 is 3.09 bits per heavy atom. The zero-order valence-corrected chi connectivity index (χ0v) is 13.8. The van der Waals surface area contributed by atoms with Crippen LogP contribution in [-0.2, 0) is 13.2 Å². The lowest BCUT2D eigenvalue weighted by atomic mass is 10.1. The molecule has 0 spiro atoms. The number of benzene rings is 1. The minimum Gasteiger partial charge on any atom is -0.491 e. The molecule has 1 aromatic heterocycles. The van der Waals surface area contributed by atoms with Gasteiger partial charge in [0.25, 0.3) is 0 Å². The molecule has 0 saturated heterocycles. The van der Waals surface area contributed by atoms with Crippen LogP contribution >= 0.6 is 11.3 Å². The summed E-state index contributed by atoms with van der Waals surface area (Å²) in [7, 11) is 0. The molecule has 0 radical (unpaired) electrons. The van der Waals surface area contributed by atoms with E-state index in [0.29, 0.717) is 19.7 Å². The second kappa shape index (κ2) is 7.02. The minimum atomic E-state index is -0.102. The van der Waals surface area contributed by atoms with E-state index in [1.54, 1.807) is 16.2 Å². The summed E-state index contributed by atoms with van der Waals surface area (Å²) in [5, 5.41) is 16.3. The lowest BCUT2D eigenvalue weighted by molar-refractivity contribution is 0.184. The molecule has 6 heteroatoms. The summed E-state index contributed by atoms with van der Waals surface area (Å²) in [5.41, 5.74) is 2.85. The normalized spacial score (nSPS) is 15.3. The molecule has 1 aliphatic rings. The largest absolute Gasteiger partial charge is 0.491 e. The fourth-order valence-electron chi connectivity index (χ4n) is 2.60. The third kappa shape index (κ3) is 3.65. The third-order valence-corrected chi connectivity index (χ3v) is 4.66. The number of carbonyl (C=O) groups excluding carboxylic acids is 1. The van der Waals surface area contributed by atoms with E-state index in [1.165, 1.54) is 0 Å². The molecule has 2 heterocycles. The number of nitrogens with one attached hydrogen (secondary N) is 1. The van der Waals surface area contributed by atoms with Gasteiger partial charge in [0.05, 0.1) is 25.7 Å². The van der Waals surface area contributed by atoms with Crippen LogP contribution in [0.25, 0.3) is 0 Å². The predicted octanol–water partition coefficient (Wildman–Crippen LogP) is 2.91. The first-order chi connectivity index (χ1) is 11.2. The van der Waals surface area contributed by atoms with E-state index in [1.807, 2.05) is 41.9 Å². The molecule has 122 valence electrons. The molecule has 1 aromatic carbocycles. The highest BCUT2D eigenvalue weighted by molar-refractivity contribution is 7.07. The Bertz CT molecular complexity index is 672. The smallest absolute Gasteiger partial charge is 0.318 e.